The molecule has 0 radical (unpaired) electrons. The highest BCUT2D eigenvalue weighted by molar-refractivity contribution is 5.75. The molecule has 23 heavy (non-hydrogen) atoms. The van der Waals surface area contributed by atoms with Crippen molar-refractivity contribution in [2.45, 2.75) is 50.5 Å². The van der Waals surface area contributed by atoms with Gasteiger partial charge in [0.15, 0.2) is 0 Å². The SMILES string of the molecule is O=C(O)[C@@H](NCC1CCNCC1)c1ccc(C2CCCC2)cc1. The summed E-state index contributed by atoms with van der Waals surface area (Å²) in [4.78, 5) is 11.6. The van der Waals surface area contributed by atoms with E-state index in [0.717, 1.165) is 38.0 Å². The molecule has 4 nitrogen and oxygen atoms in total. The second-order valence-electron chi connectivity index (χ2n) is 7.02. The second kappa shape index (κ2) is 7.93. The Bertz CT molecular complexity index is 503. The summed E-state index contributed by atoms with van der Waals surface area (Å²) < 4.78 is 0. The summed E-state index contributed by atoms with van der Waals surface area (Å²) in [6.45, 7) is 2.86. The molecule has 1 aromatic rings. The Morgan fingerprint density at radius 2 is 1.78 bits per heavy atom. The van der Waals surface area contributed by atoms with Gasteiger partial charge in [0.05, 0.1) is 0 Å². The molecule has 4 heteroatoms. The Labute approximate surface area is 138 Å². The lowest BCUT2D eigenvalue weighted by molar-refractivity contribution is -0.139. The summed E-state index contributed by atoms with van der Waals surface area (Å²) in [7, 11) is 0. The van der Waals surface area contributed by atoms with Gasteiger partial charge in [0.2, 0.25) is 0 Å². The first-order valence-corrected chi connectivity index (χ1v) is 9.01. The number of aliphatic carboxylic acids is 1. The minimum Gasteiger partial charge on any atom is -0.480 e. The van der Waals surface area contributed by atoms with E-state index in [1.807, 2.05) is 12.1 Å². The number of hydrogen-bond acceptors (Lipinski definition) is 3. The van der Waals surface area contributed by atoms with E-state index in [1.54, 1.807) is 0 Å². The maximum absolute atomic E-state index is 11.6. The number of carboxylic acids is 1. The standard InChI is InChI=1S/C19H28N2O2/c22-19(23)18(21-13-14-9-11-20-12-10-14)17-7-5-16(6-8-17)15-3-1-2-4-15/h5-8,14-15,18,20-21H,1-4,9-13H2,(H,22,23)/t18-/m0/s1. The molecule has 1 aromatic carbocycles. The molecule has 1 aliphatic carbocycles. The van der Waals surface area contributed by atoms with E-state index < -0.39 is 12.0 Å². The third-order valence-corrected chi connectivity index (χ3v) is 5.41. The molecule has 3 rings (SSSR count). The quantitative estimate of drug-likeness (QED) is 0.755. The van der Waals surface area contributed by atoms with Crippen molar-refractivity contribution in [1.82, 2.24) is 10.6 Å². The van der Waals surface area contributed by atoms with Crippen molar-refractivity contribution >= 4 is 5.97 Å². The number of carbonyl (C=O) groups is 1. The van der Waals surface area contributed by atoms with Gasteiger partial charge in [-0.05, 0) is 68.3 Å². The van der Waals surface area contributed by atoms with Gasteiger partial charge in [0.1, 0.15) is 6.04 Å². The smallest absolute Gasteiger partial charge is 0.325 e. The van der Waals surface area contributed by atoms with Crippen LogP contribution in [0.4, 0.5) is 0 Å². The van der Waals surface area contributed by atoms with Gasteiger partial charge in [-0.25, -0.2) is 0 Å². The van der Waals surface area contributed by atoms with Crippen LogP contribution < -0.4 is 10.6 Å². The number of benzene rings is 1. The summed E-state index contributed by atoms with van der Waals surface area (Å²) in [6.07, 6.45) is 7.44. The number of carboxylic acid groups (broad SMARTS) is 1. The largest absolute Gasteiger partial charge is 0.480 e. The molecule has 0 amide bonds. The van der Waals surface area contributed by atoms with E-state index in [9.17, 15) is 9.90 Å². The Morgan fingerprint density at radius 1 is 1.13 bits per heavy atom. The highest BCUT2D eigenvalue weighted by Crippen LogP contribution is 2.34. The van der Waals surface area contributed by atoms with Crippen molar-refractivity contribution in [1.29, 1.82) is 0 Å². The molecule has 1 heterocycles. The third kappa shape index (κ3) is 4.33. The van der Waals surface area contributed by atoms with Crippen molar-refractivity contribution < 1.29 is 9.90 Å². The van der Waals surface area contributed by atoms with E-state index in [1.165, 1.54) is 31.2 Å². The number of nitrogens with one attached hydrogen (secondary N) is 2. The molecule has 1 saturated heterocycles. The molecule has 0 bridgehead atoms. The molecule has 0 spiro atoms. The fourth-order valence-electron chi connectivity index (χ4n) is 3.94. The van der Waals surface area contributed by atoms with Crippen LogP contribution in [-0.2, 0) is 4.79 Å². The lowest BCUT2D eigenvalue weighted by atomic mass is 9.94. The van der Waals surface area contributed by atoms with Crippen molar-refractivity contribution in [2.75, 3.05) is 19.6 Å². The first-order valence-electron chi connectivity index (χ1n) is 9.01. The first-order chi connectivity index (χ1) is 11.2. The van der Waals surface area contributed by atoms with E-state index in [0.29, 0.717) is 11.8 Å². The van der Waals surface area contributed by atoms with Gasteiger partial charge in [-0.2, -0.15) is 0 Å². The topological polar surface area (TPSA) is 61.4 Å². The highest BCUT2D eigenvalue weighted by atomic mass is 16.4. The van der Waals surface area contributed by atoms with Crippen LogP contribution in [-0.4, -0.2) is 30.7 Å². The predicted molar refractivity (Wildman–Crippen MR) is 91.6 cm³/mol. The maximum atomic E-state index is 11.6. The summed E-state index contributed by atoms with van der Waals surface area (Å²) in [5, 5.41) is 16.2. The minimum absolute atomic E-state index is 0.580. The fraction of sp³-hybridized carbons (Fsp3) is 0.632. The van der Waals surface area contributed by atoms with Crippen molar-refractivity contribution in [3.05, 3.63) is 35.4 Å². The third-order valence-electron chi connectivity index (χ3n) is 5.41. The van der Waals surface area contributed by atoms with Crippen LogP contribution in [0.15, 0.2) is 24.3 Å². The first kappa shape index (κ1) is 16.5. The minimum atomic E-state index is -0.785. The molecular formula is C19H28N2O2. The van der Waals surface area contributed by atoms with E-state index in [4.69, 9.17) is 0 Å². The van der Waals surface area contributed by atoms with Crippen LogP contribution in [0.25, 0.3) is 0 Å². The summed E-state index contributed by atoms with van der Waals surface area (Å²) in [6, 6.07) is 7.67. The van der Waals surface area contributed by atoms with Gasteiger partial charge >= 0.3 is 5.97 Å². The summed E-state index contributed by atoms with van der Waals surface area (Å²) in [5.74, 6) is 0.471. The molecule has 0 unspecified atom stereocenters. The molecule has 3 N–H and O–H groups in total. The van der Waals surface area contributed by atoms with Gasteiger partial charge in [0.25, 0.3) is 0 Å². The zero-order valence-corrected chi connectivity index (χ0v) is 13.8. The highest BCUT2D eigenvalue weighted by Gasteiger charge is 2.23. The Morgan fingerprint density at radius 3 is 2.39 bits per heavy atom. The number of rotatable bonds is 6. The average Bonchev–Trinajstić information content (AvgIpc) is 3.11. The predicted octanol–water partition coefficient (Wildman–Crippen LogP) is 3.06. The molecule has 0 aromatic heterocycles. The molecule has 1 aliphatic heterocycles. The molecule has 1 atom stereocenters. The molecule has 2 fully saturated rings. The van der Waals surface area contributed by atoms with Crippen LogP contribution in [0.1, 0.15) is 61.6 Å². The number of hydrogen-bond donors (Lipinski definition) is 3. The number of piperidine rings is 1. The van der Waals surface area contributed by atoms with Crippen LogP contribution in [0.3, 0.4) is 0 Å². The van der Waals surface area contributed by atoms with Gasteiger partial charge in [0, 0.05) is 0 Å². The van der Waals surface area contributed by atoms with Crippen molar-refractivity contribution in [2.24, 2.45) is 5.92 Å². The fourth-order valence-corrected chi connectivity index (χ4v) is 3.94. The second-order valence-corrected chi connectivity index (χ2v) is 7.02. The normalized spacial score (nSPS) is 21.4. The lowest BCUT2D eigenvalue weighted by Crippen LogP contribution is -2.37. The zero-order valence-electron chi connectivity index (χ0n) is 13.8. The van der Waals surface area contributed by atoms with Gasteiger partial charge in [-0.15, -0.1) is 0 Å². The maximum Gasteiger partial charge on any atom is 0.325 e. The molecular weight excluding hydrogens is 288 g/mol. The van der Waals surface area contributed by atoms with Gasteiger partial charge in [-0.1, -0.05) is 37.1 Å². The van der Waals surface area contributed by atoms with E-state index in [-0.39, 0.29) is 0 Å². The van der Waals surface area contributed by atoms with Crippen LogP contribution in [0.2, 0.25) is 0 Å². The summed E-state index contributed by atoms with van der Waals surface area (Å²) in [5.41, 5.74) is 2.24. The van der Waals surface area contributed by atoms with Crippen molar-refractivity contribution in [3.8, 4) is 0 Å². The Kier molecular flexibility index (Phi) is 5.68. The monoisotopic (exact) mass is 316 g/mol. The van der Waals surface area contributed by atoms with Gasteiger partial charge in [-0.3, -0.25) is 4.79 Å². The van der Waals surface area contributed by atoms with Crippen LogP contribution >= 0.6 is 0 Å². The van der Waals surface area contributed by atoms with Crippen LogP contribution in [0.5, 0.6) is 0 Å². The van der Waals surface area contributed by atoms with Crippen LogP contribution in [0, 0.1) is 5.92 Å². The zero-order chi connectivity index (χ0) is 16.1. The average molecular weight is 316 g/mol. The Balaban J connectivity index is 1.61. The molecule has 1 saturated carbocycles. The van der Waals surface area contributed by atoms with Gasteiger partial charge < -0.3 is 15.7 Å². The Hall–Kier alpha value is -1.39. The van der Waals surface area contributed by atoms with E-state index >= 15 is 0 Å². The van der Waals surface area contributed by atoms with E-state index in [2.05, 4.69) is 22.8 Å². The van der Waals surface area contributed by atoms with Crippen molar-refractivity contribution in [3.63, 3.8) is 0 Å². The molecule has 2 aliphatic rings. The summed E-state index contributed by atoms with van der Waals surface area (Å²) >= 11 is 0. The molecule has 126 valence electrons. The lowest BCUT2D eigenvalue weighted by Gasteiger charge is -2.25.